The molecule has 1 unspecified atom stereocenters. The molecule has 1 aliphatic heterocycles. The van der Waals surface area contributed by atoms with Gasteiger partial charge in [-0.15, -0.1) is 0 Å². The molecule has 1 fully saturated rings. The highest BCUT2D eigenvalue weighted by Gasteiger charge is 2.45. The summed E-state index contributed by atoms with van der Waals surface area (Å²) in [6.07, 6.45) is 6.63. The van der Waals surface area contributed by atoms with Crippen molar-refractivity contribution in [2.24, 2.45) is 0 Å². The zero-order valence-corrected chi connectivity index (χ0v) is 17.5. The standard InChI is InChI=1S/C22H31N3O5/c1-15(26)23-20(21(28)29)22(30)11-13-25(14-12-22)19(27)8-4-6-17-10-9-16-5-2-3-7-18(16)24-17/h9-10,20,30H,2-8,11-14H2,1H3,(H,23,26)(H,28,29). The first-order chi connectivity index (χ1) is 14.3. The monoisotopic (exact) mass is 417 g/mol. The van der Waals surface area contributed by atoms with Gasteiger partial charge in [-0.1, -0.05) is 6.07 Å². The van der Waals surface area contributed by atoms with Crippen molar-refractivity contribution < 1.29 is 24.6 Å². The number of pyridine rings is 1. The van der Waals surface area contributed by atoms with Crippen LogP contribution in [0.25, 0.3) is 0 Å². The first kappa shape index (κ1) is 22.2. The number of aliphatic carboxylic acids is 1. The maximum Gasteiger partial charge on any atom is 0.329 e. The fourth-order valence-electron chi connectivity index (χ4n) is 4.41. The number of fused-ring (bicyclic) bond motifs is 1. The molecule has 0 radical (unpaired) electrons. The second kappa shape index (κ2) is 9.55. The molecule has 8 heteroatoms. The van der Waals surface area contributed by atoms with Gasteiger partial charge in [0.2, 0.25) is 11.8 Å². The van der Waals surface area contributed by atoms with Crippen molar-refractivity contribution in [1.82, 2.24) is 15.2 Å². The van der Waals surface area contributed by atoms with Crippen LogP contribution in [0.1, 0.15) is 62.4 Å². The lowest BCUT2D eigenvalue weighted by molar-refractivity contribution is -0.154. The average Bonchev–Trinajstić information content (AvgIpc) is 2.72. The Kier molecular flexibility index (Phi) is 7.07. The lowest BCUT2D eigenvalue weighted by Crippen LogP contribution is -2.61. The Morgan fingerprint density at radius 3 is 2.57 bits per heavy atom. The Bertz CT molecular complexity index is 802. The third-order valence-corrected chi connectivity index (χ3v) is 6.17. The number of aromatic nitrogens is 1. The van der Waals surface area contributed by atoms with Crippen LogP contribution in [0.4, 0.5) is 0 Å². The minimum absolute atomic E-state index is 0.00131. The van der Waals surface area contributed by atoms with E-state index in [9.17, 15) is 24.6 Å². The molecule has 1 aromatic rings. The quantitative estimate of drug-likeness (QED) is 0.614. The van der Waals surface area contributed by atoms with E-state index in [2.05, 4.69) is 17.4 Å². The molecule has 0 aromatic carbocycles. The van der Waals surface area contributed by atoms with Gasteiger partial charge in [0, 0.05) is 37.8 Å². The summed E-state index contributed by atoms with van der Waals surface area (Å²) in [6, 6.07) is 2.85. The number of piperidine rings is 1. The molecule has 2 heterocycles. The van der Waals surface area contributed by atoms with Gasteiger partial charge in [-0.3, -0.25) is 14.6 Å². The van der Waals surface area contributed by atoms with E-state index >= 15 is 0 Å². The van der Waals surface area contributed by atoms with E-state index in [1.807, 2.05) is 0 Å². The van der Waals surface area contributed by atoms with Gasteiger partial charge in [-0.25, -0.2) is 4.79 Å². The second-order valence-electron chi connectivity index (χ2n) is 8.43. The van der Waals surface area contributed by atoms with Gasteiger partial charge in [-0.05, 0) is 63.0 Å². The van der Waals surface area contributed by atoms with Gasteiger partial charge in [-0.2, -0.15) is 0 Å². The molecule has 30 heavy (non-hydrogen) atoms. The van der Waals surface area contributed by atoms with Gasteiger partial charge in [0.15, 0.2) is 6.04 Å². The lowest BCUT2D eigenvalue weighted by atomic mass is 9.84. The normalized spacial score (nSPS) is 18.9. The number of hydrogen-bond acceptors (Lipinski definition) is 5. The SMILES string of the molecule is CC(=O)NC(C(=O)O)C1(O)CCN(C(=O)CCCc2ccc3c(n2)CCCC3)CC1. The number of carboxylic acid groups (broad SMARTS) is 1. The predicted molar refractivity (Wildman–Crippen MR) is 110 cm³/mol. The van der Waals surface area contributed by atoms with Gasteiger partial charge in [0.25, 0.3) is 0 Å². The topological polar surface area (TPSA) is 120 Å². The van der Waals surface area contributed by atoms with Crippen LogP contribution >= 0.6 is 0 Å². The number of hydrogen-bond donors (Lipinski definition) is 3. The number of carboxylic acids is 1. The van der Waals surface area contributed by atoms with Crippen molar-refractivity contribution >= 4 is 17.8 Å². The van der Waals surface area contributed by atoms with Crippen molar-refractivity contribution in [3.8, 4) is 0 Å². The number of aliphatic hydroxyl groups is 1. The van der Waals surface area contributed by atoms with Crippen LogP contribution in [0.15, 0.2) is 12.1 Å². The third kappa shape index (κ3) is 5.36. The highest BCUT2D eigenvalue weighted by molar-refractivity contribution is 5.83. The zero-order chi connectivity index (χ0) is 21.7. The van der Waals surface area contributed by atoms with Gasteiger partial charge in [0.05, 0.1) is 5.60 Å². The highest BCUT2D eigenvalue weighted by atomic mass is 16.4. The summed E-state index contributed by atoms with van der Waals surface area (Å²) < 4.78 is 0. The smallest absolute Gasteiger partial charge is 0.329 e. The molecule has 0 spiro atoms. The third-order valence-electron chi connectivity index (χ3n) is 6.17. The number of amides is 2. The van der Waals surface area contributed by atoms with Crippen LogP contribution in [0.5, 0.6) is 0 Å². The Balaban J connectivity index is 1.47. The first-order valence-electron chi connectivity index (χ1n) is 10.8. The van der Waals surface area contributed by atoms with Crippen molar-refractivity contribution in [2.75, 3.05) is 13.1 Å². The second-order valence-corrected chi connectivity index (χ2v) is 8.43. The Hall–Kier alpha value is -2.48. The zero-order valence-electron chi connectivity index (χ0n) is 17.5. The largest absolute Gasteiger partial charge is 0.480 e. The molecule has 8 nitrogen and oxygen atoms in total. The molecular weight excluding hydrogens is 386 g/mol. The summed E-state index contributed by atoms with van der Waals surface area (Å²) >= 11 is 0. The number of nitrogens with zero attached hydrogens (tertiary/aromatic N) is 2. The van der Waals surface area contributed by atoms with Crippen LogP contribution in [-0.4, -0.2) is 62.6 Å². The number of rotatable bonds is 7. The van der Waals surface area contributed by atoms with E-state index in [0.717, 1.165) is 25.0 Å². The Morgan fingerprint density at radius 2 is 1.90 bits per heavy atom. The maximum absolute atomic E-state index is 12.6. The van der Waals surface area contributed by atoms with Crippen LogP contribution in [0, 0.1) is 0 Å². The molecular formula is C22H31N3O5. The molecule has 0 bridgehead atoms. The van der Waals surface area contributed by atoms with Crippen LogP contribution in [0.3, 0.4) is 0 Å². The van der Waals surface area contributed by atoms with Crippen LogP contribution < -0.4 is 5.32 Å². The van der Waals surface area contributed by atoms with E-state index in [1.165, 1.54) is 31.0 Å². The van der Waals surface area contributed by atoms with E-state index in [1.54, 1.807) is 4.90 Å². The fourth-order valence-corrected chi connectivity index (χ4v) is 4.41. The highest BCUT2D eigenvalue weighted by Crippen LogP contribution is 2.27. The molecule has 164 valence electrons. The van der Waals surface area contributed by atoms with Crippen LogP contribution in [-0.2, 0) is 33.6 Å². The number of aryl methyl sites for hydroxylation is 3. The molecule has 1 aliphatic carbocycles. The summed E-state index contributed by atoms with van der Waals surface area (Å²) in [7, 11) is 0. The average molecular weight is 418 g/mol. The van der Waals surface area contributed by atoms with Crippen molar-refractivity contribution in [2.45, 2.75) is 76.4 Å². The minimum atomic E-state index is -1.55. The summed E-state index contributed by atoms with van der Waals surface area (Å²) in [5, 5.41) is 22.4. The number of carbonyl (C=O) groups is 3. The molecule has 1 atom stereocenters. The number of carbonyl (C=O) groups excluding carboxylic acids is 2. The molecule has 3 N–H and O–H groups in total. The molecule has 1 saturated heterocycles. The summed E-state index contributed by atoms with van der Waals surface area (Å²) in [4.78, 5) is 41.7. The van der Waals surface area contributed by atoms with E-state index in [0.29, 0.717) is 12.8 Å². The van der Waals surface area contributed by atoms with E-state index < -0.39 is 23.5 Å². The minimum Gasteiger partial charge on any atom is -0.480 e. The van der Waals surface area contributed by atoms with Crippen molar-refractivity contribution in [3.63, 3.8) is 0 Å². The molecule has 0 saturated carbocycles. The molecule has 2 amide bonds. The summed E-state index contributed by atoms with van der Waals surface area (Å²) in [6.45, 7) is 1.76. The number of likely N-dealkylation sites (tertiary alicyclic amines) is 1. The lowest BCUT2D eigenvalue weighted by Gasteiger charge is -2.41. The predicted octanol–water partition coefficient (Wildman–Crippen LogP) is 1.23. The van der Waals surface area contributed by atoms with Gasteiger partial charge in [0.1, 0.15) is 0 Å². The maximum atomic E-state index is 12.6. The molecule has 1 aromatic heterocycles. The first-order valence-corrected chi connectivity index (χ1v) is 10.8. The fraction of sp³-hybridized carbons (Fsp3) is 0.636. The number of nitrogens with one attached hydrogen (secondary N) is 1. The van der Waals surface area contributed by atoms with Gasteiger partial charge < -0.3 is 20.4 Å². The molecule has 2 aliphatic rings. The van der Waals surface area contributed by atoms with E-state index in [-0.39, 0.29) is 31.8 Å². The summed E-state index contributed by atoms with van der Waals surface area (Å²) in [5.41, 5.74) is 2.02. The Labute approximate surface area is 176 Å². The van der Waals surface area contributed by atoms with Crippen LogP contribution in [0.2, 0.25) is 0 Å². The summed E-state index contributed by atoms with van der Waals surface area (Å²) in [5.74, 6) is -1.78. The van der Waals surface area contributed by atoms with Crippen molar-refractivity contribution in [1.29, 1.82) is 0 Å². The molecule has 3 rings (SSSR count). The van der Waals surface area contributed by atoms with Gasteiger partial charge >= 0.3 is 5.97 Å². The Morgan fingerprint density at radius 1 is 1.20 bits per heavy atom. The van der Waals surface area contributed by atoms with E-state index in [4.69, 9.17) is 4.98 Å². The van der Waals surface area contributed by atoms with Crippen molar-refractivity contribution in [3.05, 3.63) is 29.1 Å².